The van der Waals surface area contributed by atoms with Crippen LogP contribution in [0.1, 0.15) is 61.3 Å². The predicted octanol–water partition coefficient (Wildman–Crippen LogP) is 4.96. The summed E-state index contributed by atoms with van der Waals surface area (Å²) in [6.07, 6.45) is 10.2. The Morgan fingerprint density at radius 1 is 1.38 bits per heavy atom. The summed E-state index contributed by atoms with van der Waals surface area (Å²) in [6.45, 7) is 2.29. The smallest absolute Gasteiger partial charge is 0.0959 e. The molecule has 3 heteroatoms. The van der Waals surface area contributed by atoms with E-state index in [1.165, 1.54) is 48.4 Å². The molecule has 1 fully saturated rings. The molecule has 1 aliphatic rings. The topological polar surface area (TPSA) is 12.9 Å². The van der Waals surface area contributed by atoms with E-state index < -0.39 is 0 Å². The third-order valence-electron chi connectivity index (χ3n) is 3.60. The monoisotopic (exact) mass is 257 g/mol. The zero-order valence-electron chi connectivity index (χ0n) is 9.92. The largest absolute Gasteiger partial charge is 0.249 e. The van der Waals surface area contributed by atoms with Crippen LogP contribution >= 0.6 is 22.9 Å². The Bertz CT molecular complexity index is 315. The molecule has 2 rings (SSSR count). The van der Waals surface area contributed by atoms with Crippen molar-refractivity contribution < 1.29 is 0 Å². The van der Waals surface area contributed by atoms with E-state index in [0.717, 1.165) is 11.8 Å². The van der Waals surface area contributed by atoms with Gasteiger partial charge in [-0.05, 0) is 31.6 Å². The van der Waals surface area contributed by atoms with Crippen molar-refractivity contribution in [3.05, 3.63) is 16.1 Å². The highest BCUT2D eigenvalue weighted by molar-refractivity contribution is 7.11. The first kappa shape index (κ1) is 12.4. The molecule has 1 nitrogen and oxygen atoms in total. The van der Waals surface area contributed by atoms with Crippen LogP contribution in [0.2, 0.25) is 0 Å². The summed E-state index contributed by atoms with van der Waals surface area (Å²) in [6, 6.07) is 0. The Morgan fingerprint density at radius 3 is 2.69 bits per heavy atom. The van der Waals surface area contributed by atoms with Crippen LogP contribution in [0, 0.1) is 5.92 Å². The number of hydrogen-bond donors (Lipinski definition) is 0. The van der Waals surface area contributed by atoms with Gasteiger partial charge in [-0.3, -0.25) is 0 Å². The van der Waals surface area contributed by atoms with Crippen LogP contribution in [-0.4, -0.2) is 4.98 Å². The Kier molecular flexibility index (Phi) is 4.66. The Balaban J connectivity index is 1.88. The molecule has 1 saturated carbocycles. The number of halogens is 1. The van der Waals surface area contributed by atoms with Crippen molar-refractivity contribution in [2.24, 2.45) is 5.92 Å². The molecule has 90 valence electrons. The summed E-state index contributed by atoms with van der Waals surface area (Å²) in [5.74, 6) is 2.31. The van der Waals surface area contributed by atoms with E-state index in [-0.39, 0.29) is 0 Å². The first-order valence-electron chi connectivity index (χ1n) is 6.34. The molecule has 0 bridgehead atoms. The molecule has 1 aliphatic carbocycles. The second kappa shape index (κ2) is 6.02. The number of nitrogens with zero attached hydrogens (tertiary/aromatic N) is 1. The number of hydrogen-bond acceptors (Lipinski definition) is 2. The average Bonchev–Trinajstić information content (AvgIpc) is 2.79. The maximum atomic E-state index is 5.81. The molecule has 0 N–H and O–H groups in total. The number of rotatable bonds is 4. The minimum absolute atomic E-state index is 0.614. The third-order valence-corrected chi connectivity index (χ3v) is 5.20. The first-order chi connectivity index (χ1) is 7.83. The zero-order chi connectivity index (χ0) is 11.4. The van der Waals surface area contributed by atoms with Crippen LogP contribution in [0.4, 0.5) is 0 Å². The van der Waals surface area contributed by atoms with Gasteiger partial charge < -0.3 is 0 Å². The normalized spacial score (nSPS) is 25.9. The first-order valence-corrected chi connectivity index (χ1v) is 7.69. The SMILES string of the molecule is CCCC1CCC(c2ncc(CCl)s2)CC1. The van der Waals surface area contributed by atoms with Gasteiger partial charge >= 0.3 is 0 Å². The summed E-state index contributed by atoms with van der Waals surface area (Å²) >= 11 is 7.62. The molecule has 1 aromatic rings. The maximum Gasteiger partial charge on any atom is 0.0959 e. The molecule has 0 spiro atoms. The average molecular weight is 258 g/mol. The number of alkyl halides is 1. The van der Waals surface area contributed by atoms with Crippen molar-refractivity contribution in [3.8, 4) is 0 Å². The van der Waals surface area contributed by atoms with Gasteiger partial charge in [-0.15, -0.1) is 22.9 Å². The molecule has 16 heavy (non-hydrogen) atoms. The van der Waals surface area contributed by atoms with Crippen molar-refractivity contribution in [2.45, 2.75) is 57.2 Å². The van der Waals surface area contributed by atoms with E-state index in [0.29, 0.717) is 5.88 Å². The molecular formula is C13H20ClNS. The standard InChI is InChI=1S/C13H20ClNS/c1-2-3-10-4-6-11(7-5-10)13-15-9-12(8-14)16-13/h9-11H,2-8H2,1H3. The summed E-state index contributed by atoms with van der Waals surface area (Å²) in [5.41, 5.74) is 0. The summed E-state index contributed by atoms with van der Waals surface area (Å²) < 4.78 is 0. The molecule has 0 atom stereocenters. The van der Waals surface area contributed by atoms with Gasteiger partial charge in [0.15, 0.2) is 0 Å². The molecule has 0 saturated heterocycles. The predicted molar refractivity (Wildman–Crippen MR) is 71.3 cm³/mol. The van der Waals surface area contributed by atoms with Crippen molar-refractivity contribution in [1.82, 2.24) is 4.98 Å². The van der Waals surface area contributed by atoms with Gasteiger partial charge in [0.25, 0.3) is 0 Å². The molecule has 0 aromatic carbocycles. The Morgan fingerprint density at radius 2 is 2.12 bits per heavy atom. The zero-order valence-corrected chi connectivity index (χ0v) is 11.5. The Labute approximate surface area is 107 Å². The Hall–Kier alpha value is -0.0800. The molecule has 1 aromatic heterocycles. The lowest BCUT2D eigenvalue weighted by molar-refractivity contribution is 0.308. The van der Waals surface area contributed by atoms with Crippen molar-refractivity contribution in [1.29, 1.82) is 0 Å². The highest BCUT2D eigenvalue weighted by atomic mass is 35.5. The second-order valence-electron chi connectivity index (χ2n) is 4.80. The van der Waals surface area contributed by atoms with E-state index in [2.05, 4.69) is 11.9 Å². The van der Waals surface area contributed by atoms with Crippen LogP contribution in [0.15, 0.2) is 6.20 Å². The number of thiazole rings is 1. The quantitative estimate of drug-likeness (QED) is 0.695. The minimum Gasteiger partial charge on any atom is -0.249 e. The van der Waals surface area contributed by atoms with E-state index >= 15 is 0 Å². The highest BCUT2D eigenvalue weighted by Gasteiger charge is 2.23. The molecule has 0 aliphatic heterocycles. The minimum atomic E-state index is 0.614. The molecule has 1 heterocycles. The maximum absolute atomic E-state index is 5.81. The van der Waals surface area contributed by atoms with Crippen molar-refractivity contribution in [2.75, 3.05) is 0 Å². The summed E-state index contributed by atoms with van der Waals surface area (Å²) in [4.78, 5) is 5.73. The van der Waals surface area contributed by atoms with Gasteiger partial charge in [-0.1, -0.05) is 19.8 Å². The third kappa shape index (κ3) is 2.98. The van der Waals surface area contributed by atoms with E-state index in [1.807, 2.05) is 17.5 Å². The van der Waals surface area contributed by atoms with Gasteiger partial charge in [0.1, 0.15) is 0 Å². The van der Waals surface area contributed by atoms with Gasteiger partial charge in [0.2, 0.25) is 0 Å². The van der Waals surface area contributed by atoms with Gasteiger partial charge in [0, 0.05) is 17.0 Å². The highest BCUT2D eigenvalue weighted by Crippen LogP contribution is 2.38. The van der Waals surface area contributed by atoms with Crippen LogP contribution in [0.5, 0.6) is 0 Å². The van der Waals surface area contributed by atoms with Crippen LogP contribution in [0.25, 0.3) is 0 Å². The van der Waals surface area contributed by atoms with Crippen LogP contribution < -0.4 is 0 Å². The fourth-order valence-corrected chi connectivity index (χ4v) is 3.85. The van der Waals surface area contributed by atoms with Crippen LogP contribution in [-0.2, 0) is 5.88 Å². The molecule has 0 radical (unpaired) electrons. The number of aromatic nitrogens is 1. The lowest BCUT2D eigenvalue weighted by atomic mass is 9.80. The molecule has 0 unspecified atom stereocenters. The van der Waals surface area contributed by atoms with Gasteiger partial charge in [-0.25, -0.2) is 4.98 Å². The van der Waals surface area contributed by atoms with E-state index in [4.69, 9.17) is 11.6 Å². The van der Waals surface area contributed by atoms with Crippen molar-refractivity contribution >= 4 is 22.9 Å². The van der Waals surface area contributed by atoms with Crippen LogP contribution in [0.3, 0.4) is 0 Å². The van der Waals surface area contributed by atoms with E-state index in [9.17, 15) is 0 Å². The fourth-order valence-electron chi connectivity index (χ4n) is 2.68. The molecular weight excluding hydrogens is 238 g/mol. The van der Waals surface area contributed by atoms with Gasteiger partial charge in [-0.2, -0.15) is 0 Å². The van der Waals surface area contributed by atoms with E-state index in [1.54, 1.807) is 0 Å². The summed E-state index contributed by atoms with van der Waals surface area (Å²) in [5, 5.41) is 1.32. The van der Waals surface area contributed by atoms with Gasteiger partial charge in [0.05, 0.1) is 10.9 Å². The van der Waals surface area contributed by atoms with Crippen molar-refractivity contribution in [3.63, 3.8) is 0 Å². The lowest BCUT2D eigenvalue weighted by Crippen LogP contribution is -2.12. The second-order valence-corrected chi connectivity index (χ2v) is 6.22. The molecule has 0 amide bonds. The fraction of sp³-hybridized carbons (Fsp3) is 0.769. The summed E-state index contributed by atoms with van der Waals surface area (Å²) in [7, 11) is 0. The lowest BCUT2D eigenvalue weighted by Gasteiger charge is -2.26.